The van der Waals surface area contributed by atoms with Crippen molar-refractivity contribution in [1.29, 1.82) is 0 Å². The minimum absolute atomic E-state index is 0. The highest BCUT2D eigenvalue weighted by molar-refractivity contribution is 5.94. The predicted octanol–water partition coefficient (Wildman–Crippen LogP) is 3.15. The van der Waals surface area contributed by atoms with E-state index in [2.05, 4.69) is 4.90 Å². The summed E-state index contributed by atoms with van der Waals surface area (Å²) in [6.45, 7) is 4.72. The second kappa shape index (κ2) is 8.86. The van der Waals surface area contributed by atoms with Gasteiger partial charge in [0.15, 0.2) is 0 Å². The molecule has 0 saturated carbocycles. The molecule has 2 aliphatic rings. The van der Waals surface area contributed by atoms with Crippen LogP contribution in [0, 0.1) is 0 Å². The van der Waals surface area contributed by atoms with Gasteiger partial charge < -0.3 is 14.4 Å². The minimum Gasteiger partial charge on any atom is -0.459 e. The number of ether oxygens (including phenoxy) is 1. The molecule has 2 bridgehead atoms. The van der Waals surface area contributed by atoms with E-state index < -0.39 is 5.97 Å². The van der Waals surface area contributed by atoms with Crippen LogP contribution in [0.2, 0.25) is 0 Å². The molecule has 2 atom stereocenters. The van der Waals surface area contributed by atoms with E-state index in [4.69, 9.17) is 4.74 Å². The van der Waals surface area contributed by atoms with E-state index in [-0.39, 0.29) is 42.3 Å². The van der Waals surface area contributed by atoms with Crippen LogP contribution in [0.25, 0.3) is 10.9 Å². The number of carbonyl (C=O) groups is 1. The van der Waals surface area contributed by atoms with Crippen LogP contribution in [0.3, 0.4) is 0 Å². The van der Waals surface area contributed by atoms with Crippen molar-refractivity contribution in [2.75, 3.05) is 13.2 Å². The smallest absolute Gasteiger partial charge is 0.344 e. The van der Waals surface area contributed by atoms with Crippen LogP contribution in [0.4, 0.5) is 0 Å². The number of fused-ring (bicyclic) bond motifs is 3. The number of carbonyl (C=O) groups excluding carboxylic acids is 1. The summed E-state index contributed by atoms with van der Waals surface area (Å²) in [4.78, 5) is 28.3. The maximum absolute atomic E-state index is 13.0. The van der Waals surface area contributed by atoms with Gasteiger partial charge in [-0.1, -0.05) is 18.2 Å². The van der Waals surface area contributed by atoms with Crippen LogP contribution in [0.1, 0.15) is 55.9 Å². The Bertz CT molecular complexity index is 928. The van der Waals surface area contributed by atoms with Crippen LogP contribution < -0.4 is 5.56 Å². The molecular formula is C22H29ClN2O4. The molecular weight excluding hydrogens is 392 g/mol. The Morgan fingerprint density at radius 1 is 1.21 bits per heavy atom. The number of aromatic nitrogens is 1. The van der Waals surface area contributed by atoms with Crippen molar-refractivity contribution in [3.8, 4) is 0 Å². The molecule has 2 unspecified atom stereocenters. The highest BCUT2D eigenvalue weighted by Gasteiger charge is 2.41. The van der Waals surface area contributed by atoms with E-state index in [1.54, 1.807) is 10.6 Å². The molecule has 2 fully saturated rings. The van der Waals surface area contributed by atoms with Gasteiger partial charge in [0.05, 0.1) is 12.1 Å². The summed E-state index contributed by atoms with van der Waals surface area (Å²) in [6.07, 6.45) is 3.53. The summed E-state index contributed by atoms with van der Waals surface area (Å²) in [6, 6.07) is 9.94. The molecule has 0 radical (unpaired) electrons. The van der Waals surface area contributed by atoms with Crippen molar-refractivity contribution >= 4 is 29.3 Å². The third-order valence-corrected chi connectivity index (χ3v) is 6.15. The van der Waals surface area contributed by atoms with Gasteiger partial charge in [-0.25, -0.2) is 4.79 Å². The second-order valence-corrected chi connectivity index (χ2v) is 8.23. The predicted molar refractivity (Wildman–Crippen MR) is 115 cm³/mol. The Kier molecular flexibility index (Phi) is 6.66. The van der Waals surface area contributed by atoms with Gasteiger partial charge in [-0.2, -0.15) is 0 Å². The Morgan fingerprint density at radius 2 is 1.86 bits per heavy atom. The zero-order valence-electron chi connectivity index (χ0n) is 16.9. The lowest BCUT2D eigenvalue weighted by Gasteiger charge is -2.38. The quantitative estimate of drug-likeness (QED) is 0.752. The molecule has 6 nitrogen and oxygen atoms in total. The normalized spacial score (nSPS) is 23.9. The number of para-hydroxylation sites is 1. The molecule has 29 heavy (non-hydrogen) atoms. The molecule has 0 aliphatic carbocycles. The van der Waals surface area contributed by atoms with Gasteiger partial charge in [-0.3, -0.25) is 9.69 Å². The maximum atomic E-state index is 13.0. The van der Waals surface area contributed by atoms with Crippen LogP contribution >= 0.6 is 12.4 Å². The summed E-state index contributed by atoms with van der Waals surface area (Å²) in [5, 5.41) is 10.1. The topological polar surface area (TPSA) is 71.8 Å². The Labute approximate surface area is 176 Å². The van der Waals surface area contributed by atoms with E-state index in [1.807, 2.05) is 38.1 Å². The lowest BCUT2D eigenvalue weighted by atomic mass is 9.99. The number of rotatable bonds is 5. The number of aliphatic hydroxyl groups is 1. The van der Waals surface area contributed by atoms with E-state index in [0.717, 1.165) is 36.6 Å². The number of esters is 1. The van der Waals surface area contributed by atoms with E-state index in [9.17, 15) is 14.7 Å². The summed E-state index contributed by atoms with van der Waals surface area (Å²) in [7, 11) is 0. The summed E-state index contributed by atoms with van der Waals surface area (Å²) >= 11 is 0. The number of benzene rings is 1. The van der Waals surface area contributed by atoms with Crippen molar-refractivity contribution < 1.29 is 14.6 Å². The van der Waals surface area contributed by atoms with Crippen molar-refractivity contribution in [3.05, 3.63) is 46.2 Å². The van der Waals surface area contributed by atoms with Crippen LogP contribution in [0.5, 0.6) is 0 Å². The standard InChI is InChI=1S/C22H28N2O4.ClH/c1-14(2)24-20-6-4-3-5-15(20)11-19(21(24)26)22(27)28-18-12-16-7-8-17(13-18)23(16)9-10-25;/h3-6,11,14,16-18,25H,7-10,12-13H2,1-2H3;1H. The number of halogens is 1. The first-order valence-corrected chi connectivity index (χ1v) is 10.2. The van der Waals surface area contributed by atoms with Crippen LogP contribution in [-0.2, 0) is 4.74 Å². The Morgan fingerprint density at radius 3 is 2.48 bits per heavy atom. The van der Waals surface area contributed by atoms with Crippen molar-refractivity contribution in [3.63, 3.8) is 0 Å². The van der Waals surface area contributed by atoms with Crippen LogP contribution in [-0.4, -0.2) is 51.9 Å². The third-order valence-electron chi connectivity index (χ3n) is 6.15. The molecule has 1 aromatic heterocycles. The molecule has 2 aromatic rings. The number of hydrogen-bond donors (Lipinski definition) is 1. The van der Waals surface area contributed by atoms with Gasteiger partial charge >= 0.3 is 5.97 Å². The third kappa shape index (κ3) is 4.06. The maximum Gasteiger partial charge on any atom is 0.344 e. The van der Waals surface area contributed by atoms with E-state index >= 15 is 0 Å². The fourth-order valence-electron chi connectivity index (χ4n) is 4.96. The summed E-state index contributed by atoms with van der Waals surface area (Å²) in [5.74, 6) is -0.523. The first-order valence-electron chi connectivity index (χ1n) is 10.2. The molecule has 3 heterocycles. The van der Waals surface area contributed by atoms with E-state index in [0.29, 0.717) is 18.6 Å². The van der Waals surface area contributed by atoms with Gasteiger partial charge in [0.25, 0.3) is 5.56 Å². The average Bonchev–Trinajstić information content (AvgIpc) is 2.90. The van der Waals surface area contributed by atoms with Gasteiger partial charge in [-0.05, 0) is 44.2 Å². The SMILES string of the molecule is CC(C)n1c(=O)c(C(=O)OC2CC3CCC(C2)N3CCO)cc2ccccc21.Cl. The van der Waals surface area contributed by atoms with E-state index in [1.165, 1.54) is 0 Å². The average molecular weight is 421 g/mol. The van der Waals surface area contributed by atoms with Gasteiger partial charge in [0.2, 0.25) is 0 Å². The number of hydrogen-bond acceptors (Lipinski definition) is 5. The molecule has 1 N–H and O–H groups in total. The highest BCUT2D eigenvalue weighted by Crippen LogP contribution is 2.36. The second-order valence-electron chi connectivity index (χ2n) is 8.23. The minimum atomic E-state index is -0.523. The molecule has 4 rings (SSSR count). The molecule has 158 valence electrons. The van der Waals surface area contributed by atoms with Gasteiger partial charge in [0, 0.05) is 37.5 Å². The van der Waals surface area contributed by atoms with Crippen molar-refractivity contribution in [2.24, 2.45) is 0 Å². The molecule has 7 heteroatoms. The largest absolute Gasteiger partial charge is 0.459 e. The molecule has 0 amide bonds. The first kappa shape index (κ1) is 21.8. The molecule has 2 aliphatic heterocycles. The zero-order valence-corrected chi connectivity index (χ0v) is 17.7. The Balaban J connectivity index is 0.00000240. The highest BCUT2D eigenvalue weighted by atomic mass is 35.5. The van der Waals surface area contributed by atoms with Crippen molar-refractivity contribution in [1.82, 2.24) is 9.47 Å². The summed E-state index contributed by atoms with van der Waals surface area (Å²) < 4.78 is 7.47. The molecule has 1 aromatic carbocycles. The van der Waals surface area contributed by atoms with Crippen LogP contribution in [0.15, 0.2) is 35.1 Å². The number of aliphatic hydroxyl groups excluding tert-OH is 1. The number of pyridine rings is 1. The molecule has 0 spiro atoms. The Hall–Kier alpha value is -1.89. The fourth-order valence-corrected chi connectivity index (χ4v) is 4.96. The monoisotopic (exact) mass is 420 g/mol. The lowest BCUT2D eigenvalue weighted by Crippen LogP contribution is -2.47. The lowest BCUT2D eigenvalue weighted by molar-refractivity contribution is -0.00935. The fraction of sp³-hybridized carbons (Fsp3) is 0.545. The van der Waals surface area contributed by atoms with Gasteiger partial charge in [0.1, 0.15) is 11.7 Å². The zero-order chi connectivity index (χ0) is 19.8. The summed E-state index contributed by atoms with van der Waals surface area (Å²) in [5.41, 5.74) is 0.645. The van der Waals surface area contributed by atoms with Gasteiger partial charge in [-0.15, -0.1) is 12.4 Å². The van der Waals surface area contributed by atoms with Crippen molar-refractivity contribution in [2.45, 2.75) is 63.8 Å². The first-order chi connectivity index (χ1) is 13.5. The molecule has 2 saturated heterocycles. The number of nitrogens with zero attached hydrogens (tertiary/aromatic N) is 2. The number of piperidine rings is 1.